The van der Waals surface area contributed by atoms with E-state index >= 15 is 0 Å². The van der Waals surface area contributed by atoms with Crippen molar-refractivity contribution in [2.45, 2.75) is 30.5 Å². The molecule has 0 saturated heterocycles. The summed E-state index contributed by atoms with van der Waals surface area (Å²) in [6.07, 6.45) is 0.642. The molecule has 0 unspecified atom stereocenters. The van der Waals surface area contributed by atoms with Gasteiger partial charge in [0.15, 0.2) is 5.76 Å². The predicted molar refractivity (Wildman–Crippen MR) is 132 cm³/mol. The number of hydrogen-bond acceptors (Lipinski definition) is 5. The summed E-state index contributed by atoms with van der Waals surface area (Å²) in [4.78, 5) is 14.5. The van der Waals surface area contributed by atoms with E-state index in [1.165, 1.54) is 10.2 Å². The minimum atomic E-state index is -0.127. The van der Waals surface area contributed by atoms with E-state index in [0.29, 0.717) is 17.6 Å². The Labute approximate surface area is 196 Å². The van der Waals surface area contributed by atoms with Crippen molar-refractivity contribution in [1.29, 1.82) is 0 Å². The van der Waals surface area contributed by atoms with E-state index in [1.54, 1.807) is 11.8 Å². The number of nitrogens with zero attached hydrogens (tertiary/aromatic N) is 3. The first-order valence-corrected chi connectivity index (χ1v) is 11.8. The van der Waals surface area contributed by atoms with E-state index in [-0.39, 0.29) is 12.1 Å². The van der Waals surface area contributed by atoms with Gasteiger partial charge in [-0.1, -0.05) is 71.9 Å². The van der Waals surface area contributed by atoms with Crippen LogP contribution in [0.15, 0.2) is 99.1 Å². The van der Waals surface area contributed by atoms with Crippen LogP contribution in [-0.2, 0) is 18.7 Å². The van der Waals surface area contributed by atoms with E-state index in [2.05, 4.69) is 35.5 Å². The first kappa shape index (κ1) is 21.2. The quantitative estimate of drug-likeness (QED) is 0.299. The highest BCUT2D eigenvalue weighted by atomic mass is 32.2. The van der Waals surface area contributed by atoms with Crippen LogP contribution in [0.2, 0.25) is 0 Å². The van der Waals surface area contributed by atoms with Gasteiger partial charge in [0.25, 0.3) is 5.56 Å². The van der Waals surface area contributed by atoms with Crippen molar-refractivity contribution in [1.82, 2.24) is 14.9 Å². The van der Waals surface area contributed by atoms with E-state index in [9.17, 15) is 4.79 Å². The Morgan fingerprint density at radius 3 is 2.30 bits per heavy atom. The van der Waals surface area contributed by atoms with Gasteiger partial charge in [-0.15, -0.1) is 11.8 Å². The molecule has 0 spiro atoms. The maximum absolute atomic E-state index is 13.4. The molecule has 6 heteroatoms. The zero-order valence-corrected chi connectivity index (χ0v) is 19.1. The second-order valence-electron chi connectivity index (χ2n) is 7.99. The molecule has 0 fully saturated rings. The second-order valence-corrected chi connectivity index (χ2v) is 9.04. The minimum absolute atomic E-state index is 0.127. The molecule has 5 rings (SSSR count). The standard InChI is InChI=1S/C27H23N3O2S/c1-19-14-22(32-29-19)17-30-27(31)25-16-23(33-18-21-10-6-3-7-11-21)12-13-24(25)26(28-30)15-20-8-4-2-5-9-20/h2-14,16H,15,17-18H2,1H3. The average Bonchev–Trinajstić information content (AvgIpc) is 3.26. The smallest absolute Gasteiger partial charge is 0.275 e. The molecule has 5 aromatic rings. The summed E-state index contributed by atoms with van der Waals surface area (Å²) in [7, 11) is 0. The molecule has 0 aliphatic rings. The van der Waals surface area contributed by atoms with Crippen molar-refractivity contribution in [3.05, 3.63) is 124 Å². The van der Waals surface area contributed by atoms with E-state index < -0.39 is 0 Å². The Kier molecular flexibility index (Phi) is 6.09. The zero-order chi connectivity index (χ0) is 22.6. The largest absolute Gasteiger partial charge is 0.359 e. The van der Waals surface area contributed by atoms with Gasteiger partial charge in [-0.25, -0.2) is 4.68 Å². The highest BCUT2D eigenvalue weighted by molar-refractivity contribution is 7.98. The van der Waals surface area contributed by atoms with Crippen molar-refractivity contribution < 1.29 is 4.52 Å². The first-order valence-electron chi connectivity index (χ1n) is 10.8. The molecule has 33 heavy (non-hydrogen) atoms. The Balaban J connectivity index is 1.55. The lowest BCUT2D eigenvalue weighted by Gasteiger charge is -2.12. The summed E-state index contributed by atoms with van der Waals surface area (Å²) >= 11 is 1.72. The van der Waals surface area contributed by atoms with Crippen molar-refractivity contribution in [3.63, 3.8) is 0 Å². The molecular formula is C27H23N3O2S. The molecule has 5 nitrogen and oxygen atoms in total. The summed E-state index contributed by atoms with van der Waals surface area (Å²) in [5.74, 6) is 1.46. The van der Waals surface area contributed by atoms with Crippen LogP contribution in [0.25, 0.3) is 10.8 Å². The molecule has 164 valence electrons. The predicted octanol–water partition coefficient (Wildman–Crippen LogP) is 5.62. The number of fused-ring (bicyclic) bond motifs is 1. The number of aryl methyl sites for hydroxylation is 1. The Morgan fingerprint density at radius 1 is 0.879 bits per heavy atom. The molecule has 0 saturated carbocycles. The molecule has 2 heterocycles. The van der Waals surface area contributed by atoms with E-state index in [1.807, 2.05) is 61.5 Å². The van der Waals surface area contributed by atoms with Gasteiger partial charge in [0.05, 0.1) is 16.8 Å². The van der Waals surface area contributed by atoms with Crippen LogP contribution in [-0.4, -0.2) is 14.9 Å². The van der Waals surface area contributed by atoms with Crippen LogP contribution in [0.3, 0.4) is 0 Å². The van der Waals surface area contributed by atoms with Crippen LogP contribution in [0.4, 0.5) is 0 Å². The molecule has 0 aliphatic carbocycles. The summed E-state index contributed by atoms with van der Waals surface area (Å²) in [5, 5.41) is 10.2. The third kappa shape index (κ3) is 4.91. The van der Waals surface area contributed by atoms with Crippen molar-refractivity contribution >= 4 is 22.5 Å². The van der Waals surface area contributed by atoms with Gasteiger partial charge >= 0.3 is 0 Å². The number of hydrogen-bond donors (Lipinski definition) is 0. The van der Waals surface area contributed by atoms with Gasteiger partial charge in [0.2, 0.25) is 0 Å². The Morgan fingerprint density at radius 2 is 1.61 bits per heavy atom. The van der Waals surface area contributed by atoms with Crippen LogP contribution in [0, 0.1) is 6.92 Å². The maximum Gasteiger partial charge on any atom is 0.275 e. The van der Waals surface area contributed by atoms with Gasteiger partial charge in [-0.3, -0.25) is 4.79 Å². The third-order valence-electron chi connectivity index (χ3n) is 5.45. The molecular weight excluding hydrogens is 430 g/mol. The lowest BCUT2D eigenvalue weighted by Crippen LogP contribution is -2.25. The normalized spacial score (nSPS) is 11.2. The average molecular weight is 454 g/mol. The highest BCUT2D eigenvalue weighted by Gasteiger charge is 2.14. The van der Waals surface area contributed by atoms with Crippen LogP contribution >= 0.6 is 11.8 Å². The van der Waals surface area contributed by atoms with E-state index in [4.69, 9.17) is 9.62 Å². The monoisotopic (exact) mass is 453 g/mol. The highest BCUT2D eigenvalue weighted by Crippen LogP contribution is 2.27. The molecule has 0 aliphatic heterocycles. The Hall–Kier alpha value is -3.64. The second kappa shape index (κ2) is 9.46. The fraction of sp³-hybridized carbons (Fsp3) is 0.148. The molecule has 0 N–H and O–H groups in total. The zero-order valence-electron chi connectivity index (χ0n) is 18.3. The van der Waals surface area contributed by atoms with Crippen molar-refractivity contribution in [2.75, 3.05) is 0 Å². The molecule has 0 bridgehead atoms. The van der Waals surface area contributed by atoms with Gasteiger partial charge in [-0.2, -0.15) is 5.10 Å². The van der Waals surface area contributed by atoms with Crippen LogP contribution in [0.5, 0.6) is 0 Å². The number of benzene rings is 3. The Bertz CT molecular complexity index is 1440. The van der Waals surface area contributed by atoms with Gasteiger partial charge in [0, 0.05) is 28.5 Å². The molecule has 0 radical (unpaired) electrons. The van der Waals surface area contributed by atoms with Crippen molar-refractivity contribution in [2.24, 2.45) is 0 Å². The molecule has 0 atom stereocenters. The van der Waals surface area contributed by atoms with Crippen molar-refractivity contribution in [3.8, 4) is 0 Å². The van der Waals surface area contributed by atoms with Crippen LogP contribution in [0.1, 0.15) is 28.3 Å². The number of thioether (sulfide) groups is 1. The lowest BCUT2D eigenvalue weighted by molar-refractivity contribution is 0.365. The molecule has 3 aromatic carbocycles. The summed E-state index contributed by atoms with van der Waals surface area (Å²) in [6, 6.07) is 28.4. The van der Waals surface area contributed by atoms with Gasteiger partial charge in [0.1, 0.15) is 6.54 Å². The fourth-order valence-corrected chi connectivity index (χ4v) is 4.72. The molecule has 2 aromatic heterocycles. The van der Waals surface area contributed by atoms with Gasteiger partial charge < -0.3 is 4.52 Å². The topological polar surface area (TPSA) is 60.9 Å². The summed E-state index contributed by atoms with van der Waals surface area (Å²) in [6.45, 7) is 2.11. The SMILES string of the molecule is Cc1cc(Cn2nc(Cc3ccccc3)c3ccc(SCc4ccccc4)cc3c2=O)on1. The van der Waals surface area contributed by atoms with Crippen LogP contribution < -0.4 is 5.56 Å². The number of aromatic nitrogens is 3. The maximum atomic E-state index is 13.4. The summed E-state index contributed by atoms with van der Waals surface area (Å²) in [5.41, 5.74) is 3.92. The number of rotatable bonds is 7. The minimum Gasteiger partial charge on any atom is -0.359 e. The third-order valence-corrected chi connectivity index (χ3v) is 6.52. The fourth-order valence-electron chi connectivity index (χ4n) is 3.83. The molecule has 0 amide bonds. The first-order chi connectivity index (χ1) is 16.2. The van der Waals surface area contributed by atoms with E-state index in [0.717, 1.165) is 33.0 Å². The summed E-state index contributed by atoms with van der Waals surface area (Å²) < 4.78 is 6.84. The lowest BCUT2D eigenvalue weighted by atomic mass is 10.0. The van der Waals surface area contributed by atoms with Gasteiger partial charge in [-0.05, 0) is 30.2 Å².